The number of rotatable bonds is 5. The zero-order valence-electron chi connectivity index (χ0n) is 19.1. The first-order valence-electron chi connectivity index (χ1n) is 10.8. The van der Waals surface area contributed by atoms with Gasteiger partial charge < -0.3 is 18.9 Å². The SMILES string of the molecule is COC(=O)C1=C(C)N(C[C@@H]2CCCO2)C(=O)/C1=C/c1cc(C)n(-c2ccc(Cl)c(Cl)c2)c1C. The van der Waals surface area contributed by atoms with Crippen LogP contribution in [0.15, 0.2) is 41.1 Å². The Balaban J connectivity index is 1.76. The fourth-order valence-electron chi connectivity index (χ4n) is 4.55. The van der Waals surface area contributed by atoms with Crippen molar-refractivity contribution >= 4 is 41.2 Å². The maximum atomic E-state index is 13.4. The van der Waals surface area contributed by atoms with Gasteiger partial charge in [0.15, 0.2) is 0 Å². The number of aryl methyl sites for hydroxylation is 1. The van der Waals surface area contributed by atoms with E-state index in [1.807, 2.05) is 30.5 Å². The zero-order valence-corrected chi connectivity index (χ0v) is 20.6. The molecule has 3 heterocycles. The first-order valence-corrected chi connectivity index (χ1v) is 11.6. The molecular formula is C25H26Cl2N2O4. The Bertz CT molecular complexity index is 1190. The summed E-state index contributed by atoms with van der Waals surface area (Å²) in [5.74, 6) is -0.747. The molecule has 0 radical (unpaired) electrons. The molecule has 8 heteroatoms. The third-order valence-corrected chi connectivity index (χ3v) is 6.98. The molecule has 1 saturated heterocycles. The van der Waals surface area contributed by atoms with Crippen LogP contribution in [-0.4, -0.2) is 47.7 Å². The normalized spacial score (nSPS) is 19.8. The summed E-state index contributed by atoms with van der Waals surface area (Å²) < 4.78 is 12.8. The predicted molar refractivity (Wildman–Crippen MR) is 129 cm³/mol. The van der Waals surface area contributed by atoms with Crippen molar-refractivity contribution in [1.29, 1.82) is 0 Å². The van der Waals surface area contributed by atoms with Gasteiger partial charge in [-0.05, 0) is 69.5 Å². The standard InChI is InChI=1S/C25H26Cl2N2O4/c1-14-10-17(15(2)29(14)18-7-8-21(26)22(27)12-18)11-20-23(25(31)32-4)16(3)28(24(20)30)13-19-6-5-9-33-19/h7-8,10-12,19H,5-6,9,13H2,1-4H3/b20-11+/t19-/m0/s1. The van der Waals surface area contributed by atoms with E-state index in [1.165, 1.54) is 7.11 Å². The van der Waals surface area contributed by atoms with Crippen LogP contribution in [0.1, 0.15) is 36.7 Å². The predicted octanol–water partition coefficient (Wildman–Crippen LogP) is 5.25. The second kappa shape index (κ2) is 9.37. The monoisotopic (exact) mass is 488 g/mol. The number of ether oxygens (including phenoxy) is 2. The number of carbonyl (C=O) groups excluding carboxylic acids is 2. The van der Waals surface area contributed by atoms with Gasteiger partial charge in [0.05, 0.1) is 40.9 Å². The summed E-state index contributed by atoms with van der Waals surface area (Å²) in [7, 11) is 1.32. The van der Waals surface area contributed by atoms with Gasteiger partial charge in [0.1, 0.15) is 0 Å². The fraction of sp³-hybridized carbons (Fsp3) is 0.360. The maximum Gasteiger partial charge on any atom is 0.340 e. The van der Waals surface area contributed by atoms with Crippen LogP contribution in [0.5, 0.6) is 0 Å². The summed E-state index contributed by atoms with van der Waals surface area (Å²) in [6.45, 7) is 6.83. The molecule has 33 heavy (non-hydrogen) atoms. The molecule has 0 aliphatic carbocycles. The van der Waals surface area contributed by atoms with Crippen LogP contribution < -0.4 is 0 Å². The van der Waals surface area contributed by atoms with E-state index in [0.717, 1.165) is 35.5 Å². The van der Waals surface area contributed by atoms with E-state index in [9.17, 15) is 9.59 Å². The van der Waals surface area contributed by atoms with Crippen LogP contribution in [0.4, 0.5) is 0 Å². The van der Waals surface area contributed by atoms with Crippen molar-refractivity contribution < 1.29 is 19.1 Å². The maximum absolute atomic E-state index is 13.4. The van der Waals surface area contributed by atoms with Crippen molar-refractivity contribution in [3.05, 3.63) is 68.1 Å². The Morgan fingerprint density at radius 1 is 1.21 bits per heavy atom. The van der Waals surface area contributed by atoms with E-state index in [0.29, 0.717) is 40.0 Å². The van der Waals surface area contributed by atoms with Gasteiger partial charge in [-0.15, -0.1) is 0 Å². The van der Waals surface area contributed by atoms with Crippen molar-refractivity contribution in [1.82, 2.24) is 9.47 Å². The topological polar surface area (TPSA) is 60.8 Å². The first-order chi connectivity index (χ1) is 15.7. The lowest BCUT2D eigenvalue weighted by Gasteiger charge is -2.21. The number of nitrogens with zero attached hydrogens (tertiary/aromatic N) is 2. The van der Waals surface area contributed by atoms with Crippen molar-refractivity contribution in [2.75, 3.05) is 20.3 Å². The van der Waals surface area contributed by atoms with Crippen molar-refractivity contribution in [2.24, 2.45) is 0 Å². The third-order valence-electron chi connectivity index (χ3n) is 6.24. The highest BCUT2D eigenvalue weighted by Gasteiger charge is 2.38. The summed E-state index contributed by atoms with van der Waals surface area (Å²) in [5.41, 5.74) is 4.76. The molecule has 0 unspecified atom stereocenters. The molecule has 4 rings (SSSR count). The van der Waals surface area contributed by atoms with Crippen LogP contribution >= 0.6 is 23.2 Å². The lowest BCUT2D eigenvalue weighted by Crippen LogP contribution is -2.33. The molecule has 1 fully saturated rings. The highest BCUT2D eigenvalue weighted by Crippen LogP contribution is 2.34. The number of amides is 1. The summed E-state index contributed by atoms with van der Waals surface area (Å²) in [5, 5.41) is 0.945. The summed E-state index contributed by atoms with van der Waals surface area (Å²) in [6.07, 6.45) is 3.61. The highest BCUT2D eigenvalue weighted by molar-refractivity contribution is 6.42. The van der Waals surface area contributed by atoms with E-state index in [-0.39, 0.29) is 12.0 Å². The molecule has 0 N–H and O–H groups in total. The van der Waals surface area contributed by atoms with Gasteiger partial charge in [-0.2, -0.15) is 0 Å². The molecule has 0 spiro atoms. The molecule has 1 atom stereocenters. The number of aromatic nitrogens is 1. The van der Waals surface area contributed by atoms with E-state index in [1.54, 1.807) is 30.0 Å². The van der Waals surface area contributed by atoms with E-state index in [4.69, 9.17) is 32.7 Å². The highest BCUT2D eigenvalue weighted by atomic mass is 35.5. The van der Waals surface area contributed by atoms with Gasteiger partial charge in [0, 0.05) is 29.4 Å². The third kappa shape index (κ3) is 4.35. The van der Waals surface area contributed by atoms with Gasteiger partial charge in [0.25, 0.3) is 5.91 Å². The van der Waals surface area contributed by atoms with E-state index < -0.39 is 5.97 Å². The fourth-order valence-corrected chi connectivity index (χ4v) is 4.84. The molecule has 174 valence electrons. The van der Waals surface area contributed by atoms with Gasteiger partial charge in [-0.1, -0.05) is 23.2 Å². The second-order valence-corrected chi connectivity index (χ2v) is 9.14. The average molecular weight is 489 g/mol. The number of carbonyl (C=O) groups is 2. The van der Waals surface area contributed by atoms with Crippen LogP contribution in [0.3, 0.4) is 0 Å². The molecule has 2 aromatic rings. The zero-order chi connectivity index (χ0) is 23.9. The lowest BCUT2D eigenvalue weighted by atomic mass is 10.0. The number of benzene rings is 1. The molecule has 0 saturated carbocycles. The van der Waals surface area contributed by atoms with Crippen LogP contribution in [-0.2, 0) is 19.1 Å². The van der Waals surface area contributed by atoms with Gasteiger partial charge in [0.2, 0.25) is 0 Å². The van der Waals surface area contributed by atoms with Crippen molar-refractivity contribution in [3.8, 4) is 5.69 Å². The quantitative estimate of drug-likeness (QED) is 0.425. The number of esters is 1. The number of hydrogen-bond acceptors (Lipinski definition) is 4. The Hall–Kier alpha value is -2.54. The summed E-state index contributed by atoms with van der Waals surface area (Å²) >= 11 is 12.3. The van der Waals surface area contributed by atoms with Crippen LogP contribution in [0.25, 0.3) is 11.8 Å². The Kier molecular flexibility index (Phi) is 6.71. The first kappa shape index (κ1) is 23.6. The molecule has 1 amide bonds. The number of allylic oxidation sites excluding steroid dienone is 1. The van der Waals surface area contributed by atoms with Gasteiger partial charge >= 0.3 is 5.97 Å². The molecule has 0 bridgehead atoms. The Morgan fingerprint density at radius 3 is 2.61 bits per heavy atom. The van der Waals surface area contributed by atoms with Crippen molar-refractivity contribution in [3.63, 3.8) is 0 Å². The van der Waals surface area contributed by atoms with Crippen LogP contribution in [0, 0.1) is 13.8 Å². The number of methoxy groups -OCH3 is 1. The van der Waals surface area contributed by atoms with Crippen molar-refractivity contribution in [2.45, 2.75) is 39.7 Å². The van der Waals surface area contributed by atoms with E-state index in [2.05, 4.69) is 0 Å². The summed E-state index contributed by atoms with van der Waals surface area (Å²) in [4.78, 5) is 27.7. The van der Waals surface area contributed by atoms with Gasteiger partial charge in [-0.3, -0.25) is 4.79 Å². The smallest absolute Gasteiger partial charge is 0.340 e. The molecule has 2 aliphatic rings. The Labute approximate surface area is 203 Å². The number of hydrogen-bond donors (Lipinski definition) is 0. The van der Waals surface area contributed by atoms with Gasteiger partial charge in [-0.25, -0.2) is 4.79 Å². The molecule has 1 aromatic heterocycles. The van der Waals surface area contributed by atoms with E-state index >= 15 is 0 Å². The molecule has 6 nitrogen and oxygen atoms in total. The minimum absolute atomic E-state index is 0.0261. The molecule has 2 aliphatic heterocycles. The lowest BCUT2D eigenvalue weighted by molar-refractivity contribution is -0.136. The number of halogens is 2. The Morgan fingerprint density at radius 2 is 1.97 bits per heavy atom. The second-order valence-electron chi connectivity index (χ2n) is 8.32. The average Bonchev–Trinajstić information content (AvgIpc) is 3.45. The largest absolute Gasteiger partial charge is 0.465 e. The molecule has 1 aromatic carbocycles. The minimum Gasteiger partial charge on any atom is -0.465 e. The minimum atomic E-state index is -0.528. The summed E-state index contributed by atoms with van der Waals surface area (Å²) in [6, 6.07) is 7.42. The van der Waals surface area contributed by atoms with Crippen LogP contribution in [0.2, 0.25) is 10.0 Å². The molecular weight excluding hydrogens is 463 g/mol.